The van der Waals surface area contributed by atoms with Crippen molar-refractivity contribution in [3.05, 3.63) is 0 Å². The average Bonchev–Trinajstić information content (AvgIpc) is 2.40. The SMILES string of the molecule is CCCCC(N)CN1CCC2(CCCCC2)CC1. The van der Waals surface area contributed by atoms with Crippen LogP contribution in [0.2, 0.25) is 0 Å². The van der Waals surface area contributed by atoms with Crippen LogP contribution < -0.4 is 5.73 Å². The Kier molecular flexibility index (Phi) is 5.50. The highest BCUT2D eigenvalue weighted by atomic mass is 15.1. The zero-order valence-corrected chi connectivity index (χ0v) is 12.3. The molecule has 1 heterocycles. The highest BCUT2D eigenvalue weighted by Gasteiger charge is 2.35. The zero-order valence-electron chi connectivity index (χ0n) is 12.3. The molecule has 1 aliphatic carbocycles. The fourth-order valence-electron chi connectivity index (χ4n) is 3.90. The monoisotopic (exact) mass is 252 g/mol. The molecule has 0 radical (unpaired) electrons. The van der Waals surface area contributed by atoms with Crippen molar-refractivity contribution in [1.29, 1.82) is 0 Å². The predicted octanol–water partition coefficient (Wildman–Crippen LogP) is 3.55. The van der Waals surface area contributed by atoms with E-state index in [-0.39, 0.29) is 0 Å². The smallest absolute Gasteiger partial charge is 0.0167 e. The van der Waals surface area contributed by atoms with Crippen LogP contribution in [0.4, 0.5) is 0 Å². The van der Waals surface area contributed by atoms with Gasteiger partial charge in [-0.1, -0.05) is 39.0 Å². The second kappa shape index (κ2) is 6.91. The Balaban J connectivity index is 1.69. The van der Waals surface area contributed by atoms with Gasteiger partial charge < -0.3 is 10.6 Å². The first-order valence-electron chi connectivity index (χ1n) is 8.22. The number of piperidine rings is 1. The number of unbranched alkanes of at least 4 members (excludes halogenated alkanes) is 1. The fourth-order valence-corrected chi connectivity index (χ4v) is 3.90. The van der Waals surface area contributed by atoms with Gasteiger partial charge in [-0.15, -0.1) is 0 Å². The zero-order chi connectivity index (χ0) is 12.8. The van der Waals surface area contributed by atoms with Gasteiger partial charge in [0.25, 0.3) is 0 Å². The summed E-state index contributed by atoms with van der Waals surface area (Å²) in [5.74, 6) is 0. The van der Waals surface area contributed by atoms with E-state index in [4.69, 9.17) is 5.73 Å². The third-order valence-electron chi connectivity index (χ3n) is 5.25. The summed E-state index contributed by atoms with van der Waals surface area (Å²) < 4.78 is 0. The van der Waals surface area contributed by atoms with E-state index in [9.17, 15) is 0 Å². The number of hydrogen-bond acceptors (Lipinski definition) is 2. The minimum Gasteiger partial charge on any atom is -0.327 e. The van der Waals surface area contributed by atoms with Gasteiger partial charge in [0.2, 0.25) is 0 Å². The minimum absolute atomic E-state index is 0.408. The first-order chi connectivity index (χ1) is 8.74. The Morgan fingerprint density at radius 3 is 2.33 bits per heavy atom. The van der Waals surface area contributed by atoms with Gasteiger partial charge in [0.05, 0.1) is 0 Å². The van der Waals surface area contributed by atoms with Crippen molar-refractivity contribution in [3.63, 3.8) is 0 Å². The van der Waals surface area contributed by atoms with Gasteiger partial charge in [0.1, 0.15) is 0 Å². The minimum atomic E-state index is 0.408. The lowest BCUT2D eigenvalue weighted by molar-refractivity contribution is 0.0644. The van der Waals surface area contributed by atoms with E-state index in [1.165, 1.54) is 77.3 Å². The molecule has 0 aromatic heterocycles. The molecule has 1 unspecified atom stereocenters. The van der Waals surface area contributed by atoms with Crippen LogP contribution in [-0.2, 0) is 0 Å². The van der Waals surface area contributed by atoms with Crippen LogP contribution in [-0.4, -0.2) is 30.6 Å². The molecule has 1 atom stereocenters. The molecule has 2 heteroatoms. The third kappa shape index (κ3) is 3.96. The molecule has 2 rings (SSSR count). The first-order valence-corrected chi connectivity index (χ1v) is 8.22. The van der Waals surface area contributed by atoms with Crippen molar-refractivity contribution in [2.75, 3.05) is 19.6 Å². The lowest BCUT2D eigenvalue weighted by atomic mass is 9.68. The van der Waals surface area contributed by atoms with Crippen LogP contribution in [0.1, 0.15) is 71.1 Å². The summed E-state index contributed by atoms with van der Waals surface area (Å²) in [4.78, 5) is 2.63. The van der Waals surface area contributed by atoms with Crippen molar-refractivity contribution in [2.24, 2.45) is 11.1 Å². The molecule has 1 saturated heterocycles. The number of nitrogens with zero attached hydrogens (tertiary/aromatic N) is 1. The number of nitrogens with two attached hydrogens (primary N) is 1. The quantitative estimate of drug-likeness (QED) is 0.811. The van der Waals surface area contributed by atoms with Gasteiger partial charge in [-0.2, -0.15) is 0 Å². The Morgan fingerprint density at radius 1 is 1.06 bits per heavy atom. The molecule has 0 aromatic carbocycles. The summed E-state index contributed by atoms with van der Waals surface area (Å²) in [6.45, 7) is 6.00. The van der Waals surface area contributed by atoms with Crippen LogP contribution in [0.15, 0.2) is 0 Å². The maximum atomic E-state index is 6.22. The Bertz CT molecular complexity index is 223. The van der Waals surface area contributed by atoms with E-state index >= 15 is 0 Å². The van der Waals surface area contributed by atoms with Crippen LogP contribution >= 0.6 is 0 Å². The van der Waals surface area contributed by atoms with Gasteiger partial charge in [-0.05, 0) is 50.6 Å². The fraction of sp³-hybridized carbons (Fsp3) is 1.00. The summed E-state index contributed by atoms with van der Waals surface area (Å²) in [5, 5.41) is 0. The summed E-state index contributed by atoms with van der Waals surface area (Å²) in [5.41, 5.74) is 6.96. The Labute approximate surface area is 113 Å². The molecule has 2 N–H and O–H groups in total. The van der Waals surface area contributed by atoms with E-state index < -0.39 is 0 Å². The summed E-state index contributed by atoms with van der Waals surface area (Å²) >= 11 is 0. The topological polar surface area (TPSA) is 29.3 Å². The molecule has 1 spiro atoms. The van der Waals surface area contributed by atoms with E-state index in [1.54, 1.807) is 0 Å². The first kappa shape index (κ1) is 14.3. The molecule has 1 saturated carbocycles. The Hall–Kier alpha value is -0.0800. The third-order valence-corrected chi connectivity index (χ3v) is 5.25. The lowest BCUT2D eigenvalue weighted by Crippen LogP contribution is -2.45. The van der Waals surface area contributed by atoms with E-state index in [2.05, 4.69) is 11.8 Å². The molecule has 1 aliphatic heterocycles. The number of hydrogen-bond donors (Lipinski definition) is 1. The predicted molar refractivity (Wildman–Crippen MR) is 78.7 cm³/mol. The molecule has 18 heavy (non-hydrogen) atoms. The molecule has 0 aromatic rings. The molecular formula is C16H32N2. The summed E-state index contributed by atoms with van der Waals surface area (Å²) in [6, 6.07) is 0.408. The second-order valence-corrected chi connectivity index (χ2v) is 6.76. The van der Waals surface area contributed by atoms with Crippen LogP contribution in [0.25, 0.3) is 0 Å². The van der Waals surface area contributed by atoms with Crippen molar-refractivity contribution >= 4 is 0 Å². The molecule has 106 valence electrons. The van der Waals surface area contributed by atoms with Gasteiger partial charge in [0, 0.05) is 12.6 Å². The molecule has 0 bridgehead atoms. The van der Waals surface area contributed by atoms with Crippen molar-refractivity contribution in [2.45, 2.75) is 77.2 Å². The molecule has 2 nitrogen and oxygen atoms in total. The van der Waals surface area contributed by atoms with E-state index in [0.717, 1.165) is 12.0 Å². The Morgan fingerprint density at radius 2 is 1.72 bits per heavy atom. The standard InChI is InChI=1S/C16H32N2/c1-2-3-7-15(17)14-18-12-10-16(11-13-18)8-5-4-6-9-16/h15H,2-14,17H2,1H3. The van der Waals surface area contributed by atoms with Crippen LogP contribution in [0.3, 0.4) is 0 Å². The summed E-state index contributed by atoms with van der Waals surface area (Å²) in [6.07, 6.45) is 14.1. The molecule has 2 aliphatic rings. The van der Waals surface area contributed by atoms with Crippen LogP contribution in [0, 0.1) is 5.41 Å². The molecule has 2 fully saturated rings. The van der Waals surface area contributed by atoms with Crippen molar-refractivity contribution in [1.82, 2.24) is 4.90 Å². The molecular weight excluding hydrogens is 220 g/mol. The maximum Gasteiger partial charge on any atom is 0.0167 e. The number of likely N-dealkylation sites (tertiary alicyclic amines) is 1. The number of rotatable bonds is 5. The summed E-state index contributed by atoms with van der Waals surface area (Å²) in [7, 11) is 0. The second-order valence-electron chi connectivity index (χ2n) is 6.76. The van der Waals surface area contributed by atoms with Gasteiger partial charge in [0.15, 0.2) is 0 Å². The van der Waals surface area contributed by atoms with Crippen molar-refractivity contribution < 1.29 is 0 Å². The van der Waals surface area contributed by atoms with E-state index in [0.29, 0.717) is 6.04 Å². The highest BCUT2D eigenvalue weighted by Crippen LogP contribution is 2.44. The van der Waals surface area contributed by atoms with Gasteiger partial charge in [-0.25, -0.2) is 0 Å². The maximum absolute atomic E-state index is 6.22. The van der Waals surface area contributed by atoms with Crippen molar-refractivity contribution in [3.8, 4) is 0 Å². The normalized spacial score (nSPS) is 26.3. The van der Waals surface area contributed by atoms with E-state index in [1.807, 2.05) is 0 Å². The largest absolute Gasteiger partial charge is 0.327 e. The molecule has 0 amide bonds. The average molecular weight is 252 g/mol. The van der Waals surface area contributed by atoms with Crippen LogP contribution in [0.5, 0.6) is 0 Å². The lowest BCUT2D eigenvalue weighted by Gasteiger charge is -2.44. The highest BCUT2D eigenvalue weighted by molar-refractivity contribution is 4.88. The van der Waals surface area contributed by atoms with Gasteiger partial charge >= 0.3 is 0 Å². The van der Waals surface area contributed by atoms with Gasteiger partial charge in [-0.3, -0.25) is 0 Å².